The Morgan fingerprint density at radius 3 is 2.42 bits per heavy atom. The summed E-state index contributed by atoms with van der Waals surface area (Å²) in [4.78, 5) is 16.1. The van der Waals surface area contributed by atoms with Gasteiger partial charge in [0.2, 0.25) is 0 Å². The van der Waals surface area contributed by atoms with E-state index in [0.717, 1.165) is 45.2 Å². The maximum absolute atomic E-state index is 11.2. The van der Waals surface area contributed by atoms with Crippen molar-refractivity contribution < 1.29 is 9.90 Å². The molecule has 0 saturated carbocycles. The van der Waals surface area contributed by atoms with E-state index >= 15 is 0 Å². The number of nitrogens with zero attached hydrogens (tertiary/aromatic N) is 4. The van der Waals surface area contributed by atoms with Crippen LogP contribution in [0.2, 0.25) is 0 Å². The standard InChI is InChI=1S/C26H20N4O2S/c1-17-11-13-18(14-12-17)23-15-21(20-9-5-6-10-22(20)27-23)25-28-29-26(33-16-24(31)32)30(25)19-7-3-2-4-8-19/h2-15H,16H2,1H3,(H,31,32). The Morgan fingerprint density at radius 2 is 1.67 bits per heavy atom. The smallest absolute Gasteiger partial charge is 0.313 e. The summed E-state index contributed by atoms with van der Waals surface area (Å²) in [5, 5.41) is 19.5. The molecule has 0 saturated heterocycles. The van der Waals surface area contributed by atoms with Crippen LogP contribution >= 0.6 is 11.8 Å². The molecule has 0 amide bonds. The van der Waals surface area contributed by atoms with Crippen molar-refractivity contribution in [3.8, 4) is 28.3 Å². The Kier molecular flexibility index (Phi) is 5.62. The van der Waals surface area contributed by atoms with Crippen molar-refractivity contribution in [1.29, 1.82) is 0 Å². The number of carboxylic acid groups (broad SMARTS) is 1. The average Bonchev–Trinajstić information content (AvgIpc) is 3.27. The Labute approximate surface area is 195 Å². The van der Waals surface area contributed by atoms with Crippen LogP contribution < -0.4 is 0 Å². The van der Waals surface area contributed by atoms with Crippen LogP contribution in [0.4, 0.5) is 0 Å². The summed E-state index contributed by atoms with van der Waals surface area (Å²) in [5.41, 5.74) is 5.64. The van der Waals surface area contributed by atoms with E-state index in [4.69, 9.17) is 4.98 Å². The van der Waals surface area contributed by atoms with E-state index in [1.165, 1.54) is 5.56 Å². The number of carboxylic acids is 1. The molecule has 6 nitrogen and oxygen atoms in total. The zero-order chi connectivity index (χ0) is 22.8. The number of hydrogen-bond donors (Lipinski definition) is 1. The van der Waals surface area contributed by atoms with Crippen molar-refractivity contribution in [2.75, 3.05) is 5.75 Å². The third-order valence-electron chi connectivity index (χ3n) is 5.28. The molecule has 33 heavy (non-hydrogen) atoms. The summed E-state index contributed by atoms with van der Waals surface area (Å²) >= 11 is 1.15. The minimum absolute atomic E-state index is 0.101. The van der Waals surface area contributed by atoms with Gasteiger partial charge in [0.15, 0.2) is 11.0 Å². The lowest BCUT2D eigenvalue weighted by molar-refractivity contribution is -0.133. The second-order valence-electron chi connectivity index (χ2n) is 7.60. The lowest BCUT2D eigenvalue weighted by Gasteiger charge is -2.13. The van der Waals surface area contributed by atoms with Gasteiger partial charge in [-0.05, 0) is 31.2 Å². The molecule has 5 rings (SSSR count). The van der Waals surface area contributed by atoms with Crippen LogP contribution in [0, 0.1) is 6.92 Å². The summed E-state index contributed by atoms with van der Waals surface area (Å²) in [6.07, 6.45) is 0. The molecule has 2 heterocycles. The van der Waals surface area contributed by atoms with E-state index in [1.807, 2.05) is 65.2 Å². The second kappa shape index (κ2) is 8.88. The van der Waals surface area contributed by atoms with Gasteiger partial charge in [0.25, 0.3) is 0 Å². The molecule has 3 aromatic carbocycles. The highest BCUT2D eigenvalue weighted by molar-refractivity contribution is 7.99. The molecule has 5 aromatic rings. The Balaban J connectivity index is 1.75. The summed E-state index contributed by atoms with van der Waals surface area (Å²) in [7, 11) is 0. The third kappa shape index (κ3) is 4.23. The number of fused-ring (bicyclic) bond motifs is 1. The topological polar surface area (TPSA) is 80.9 Å². The highest BCUT2D eigenvalue weighted by Crippen LogP contribution is 2.34. The zero-order valence-electron chi connectivity index (χ0n) is 17.8. The molecular weight excluding hydrogens is 432 g/mol. The van der Waals surface area contributed by atoms with Gasteiger partial charge in [-0.25, -0.2) is 4.98 Å². The number of rotatable bonds is 6. The number of benzene rings is 3. The quantitative estimate of drug-likeness (QED) is 0.336. The van der Waals surface area contributed by atoms with Crippen LogP contribution in [0.5, 0.6) is 0 Å². The van der Waals surface area contributed by atoms with E-state index in [9.17, 15) is 9.90 Å². The Morgan fingerprint density at radius 1 is 0.939 bits per heavy atom. The minimum atomic E-state index is -0.903. The molecular formula is C26H20N4O2S. The number of aliphatic carboxylic acids is 1. The summed E-state index contributed by atoms with van der Waals surface area (Å²) in [6, 6.07) is 28.0. The van der Waals surface area contributed by atoms with E-state index in [2.05, 4.69) is 41.4 Å². The normalized spacial score (nSPS) is 11.1. The molecule has 0 unspecified atom stereocenters. The van der Waals surface area contributed by atoms with Crippen LogP contribution in [0.15, 0.2) is 90.1 Å². The zero-order valence-corrected chi connectivity index (χ0v) is 18.7. The highest BCUT2D eigenvalue weighted by Gasteiger charge is 2.20. The van der Waals surface area contributed by atoms with Crippen LogP contribution in [0.1, 0.15) is 5.56 Å². The van der Waals surface area contributed by atoms with Crippen molar-refractivity contribution in [2.45, 2.75) is 12.1 Å². The minimum Gasteiger partial charge on any atom is -0.481 e. The Hall–Kier alpha value is -3.97. The van der Waals surface area contributed by atoms with Crippen molar-refractivity contribution in [3.63, 3.8) is 0 Å². The summed E-state index contributed by atoms with van der Waals surface area (Å²) in [5.74, 6) is -0.363. The van der Waals surface area contributed by atoms with Crippen LogP contribution in [0.3, 0.4) is 0 Å². The van der Waals surface area contributed by atoms with E-state index in [1.54, 1.807) is 0 Å². The molecule has 0 aliphatic heterocycles. The largest absolute Gasteiger partial charge is 0.481 e. The summed E-state index contributed by atoms with van der Waals surface area (Å²) in [6.45, 7) is 2.06. The molecule has 2 aromatic heterocycles. The van der Waals surface area contributed by atoms with Gasteiger partial charge < -0.3 is 5.11 Å². The van der Waals surface area contributed by atoms with E-state index < -0.39 is 5.97 Å². The lowest BCUT2D eigenvalue weighted by atomic mass is 10.0. The van der Waals surface area contributed by atoms with Gasteiger partial charge in [0, 0.05) is 22.2 Å². The molecule has 0 bridgehead atoms. The second-order valence-corrected chi connectivity index (χ2v) is 8.54. The van der Waals surface area contributed by atoms with Crippen LogP contribution in [0.25, 0.3) is 39.2 Å². The molecule has 0 radical (unpaired) electrons. The predicted octanol–water partition coefficient (Wildman–Crippen LogP) is 5.63. The van der Waals surface area contributed by atoms with Crippen LogP contribution in [-0.4, -0.2) is 36.6 Å². The number of carbonyl (C=O) groups is 1. The number of aryl methyl sites for hydroxylation is 1. The summed E-state index contributed by atoms with van der Waals surface area (Å²) < 4.78 is 1.91. The van der Waals surface area contributed by atoms with Gasteiger partial charge >= 0.3 is 5.97 Å². The van der Waals surface area contributed by atoms with Crippen molar-refractivity contribution in [1.82, 2.24) is 19.7 Å². The fourth-order valence-corrected chi connectivity index (χ4v) is 4.38. The fourth-order valence-electron chi connectivity index (χ4n) is 3.71. The number of pyridine rings is 1. The van der Waals surface area contributed by atoms with Gasteiger partial charge in [-0.3, -0.25) is 9.36 Å². The van der Waals surface area contributed by atoms with E-state index in [-0.39, 0.29) is 5.75 Å². The first-order valence-corrected chi connectivity index (χ1v) is 11.4. The van der Waals surface area contributed by atoms with Gasteiger partial charge in [-0.1, -0.05) is 78.0 Å². The molecule has 0 spiro atoms. The fraction of sp³-hybridized carbons (Fsp3) is 0.0769. The van der Waals surface area contributed by atoms with Crippen molar-refractivity contribution >= 4 is 28.6 Å². The molecule has 7 heteroatoms. The first kappa shape index (κ1) is 20.9. The van der Waals surface area contributed by atoms with Gasteiger partial charge in [0.05, 0.1) is 17.0 Å². The number of para-hydroxylation sites is 2. The van der Waals surface area contributed by atoms with Gasteiger partial charge in [-0.15, -0.1) is 10.2 Å². The molecule has 0 fully saturated rings. The monoisotopic (exact) mass is 452 g/mol. The number of thioether (sulfide) groups is 1. The van der Waals surface area contributed by atoms with Gasteiger partial charge in [-0.2, -0.15) is 0 Å². The van der Waals surface area contributed by atoms with Crippen molar-refractivity contribution in [3.05, 3.63) is 90.5 Å². The first-order valence-electron chi connectivity index (χ1n) is 10.4. The maximum Gasteiger partial charge on any atom is 0.313 e. The number of hydrogen-bond acceptors (Lipinski definition) is 5. The third-order valence-corrected chi connectivity index (χ3v) is 6.19. The predicted molar refractivity (Wildman–Crippen MR) is 131 cm³/mol. The Bertz CT molecular complexity index is 1450. The molecule has 1 N–H and O–H groups in total. The molecule has 0 atom stereocenters. The SMILES string of the molecule is Cc1ccc(-c2cc(-c3nnc(SCC(=O)O)n3-c3ccccc3)c3ccccc3n2)cc1. The highest BCUT2D eigenvalue weighted by atomic mass is 32.2. The number of aromatic nitrogens is 4. The molecule has 162 valence electrons. The van der Waals surface area contributed by atoms with E-state index in [0.29, 0.717) is 11.0 Å². The van der Waals surface area contributed by atoms with Crippen LogP contribution in [-0.2, 0) is 4.79 Å². The molecule has 0 aliphatic rings. The molecule has 0 aliphatic carbocycles. The maximum atomic E-state index is 11.2. The first-order chi connectivity index (χ1) is 16.1. The van der Waals surface area contributed by atoms with Gasteiger partial charge in [0.1, 0.15) is 0 Å². The van der Waals surface area contributed by atoms with Crippen molar-refractivity contribution in [2.24, 2.45) is 0 Å². The average molecular weight is 453 g/mol. The lowest BCUT2D eigenvalue weighted by Crippen LogP contribution is -2.03.